The van der Waals surface area contributed by atoms with Crippen LogP contribution in [-0.4, -0.2) is 19.4 Å². The molecule has 24 heavy (non-hydrogen) atoms. The molecule has 0 radical (unpaired) electrons. The number of rotatable bonds is 3. The number of nitrogen functional groups attached to an aromatic ring is 1. The summed E-state index contributed by atoms with van der Waals surface area (Å²) in [6.45, 7) is 0. The summed E-state index contributed by atoms with van der Waals surface area (Å²) >= 11 is 3.20. The summed E-state index contributed by atoms with van der Waals surface area (Å²) in [5.74, 6) is 0.273. The van der Waals surface area contributed by atoms with E-state index in [1.54, 1.807) is 24.3 Å². The van der Waals surface area contributed by atoms with Crippen molar-refractivity contribution in [3.63, 3.8) is 0 Å². The minimum Gasteiger partial charge on any atom is -0.463 e. The predicted molar refractivity (Wildman–Crippen MR) is 91.9 cm³/mol. The number of furan rings is 1. The molecule has 4 N–H and O–H groups in total. The molecule has 124 valence electrons. The lowest BCUT2D eigenvalue weighted by atomic mass is 10.3. The highest BCUT2D eigenvalue weighted by Gasteiger charge is 2.23. The number of carbonyl (C=O) groups is 1. The lowest BCUT2D eigenvalue weighted by Gasteiger charge is -2.08. The van der Waals surface area contributed by atoms with Gasteiger partial charge < -0.3 is 10.2 Å². The smallest absolute Gasteiger partial charge is 0.334 e. The normalized spacial score (nSPS) is 11.4. The Morgan fingerprint density at radius 1 is 1.25 bits per heavy atom. The van der Waals surface area contributed by atoms with E-state index >= 15 is 0 Å². The molecule has 0 aliphatic heterocycles. The molecule has 0 aliphatic rings. The second-order valence-corrected chi connectivity index (χ2v) is 7.32. The number of aromatic nitrogens is 1. The summed E-state index contributed by atoms with van der Waals surface area (Å²) in [7, 11) is -4.11. The fraction of sp³-hybridized carbons (Fsp3) is 0. The predicted octanol–water partition coefficient (Wildman–Crippen LogP) is 2.68. The van der Waals surface area contributed by atoms with Gasteiger partial charge in [-0.3, -0.25) is 5.32 Å². The van der Waals surface area contributed by atoms with Gasteiger partial charge in [-0.1, -0.05) is 28.1 Å². The van der Waals surface area contributed by atoms with E-state index in [0.717, 1.165) is 6.26 Å². The average molecular weight is 411 g/mol. The van der Waals surface area contributed by atoms with Crippen LogP contribution in [0.3, 0.4) is 0 Å². The van der Waals surface area contributed by atoms with Crippen LogP contribution in [-0.2, 0) is 10.0 Å². The first-order valence-electron chi connectivity index (χ1n) is 6.58. The van der Waals surface area contributed by atoms with E-state index in [4.69, 9.17) is 10.2 Å². The number of sulfonamides is 1. The van der Waals surface area contributed by atoms with Crippen LogP contribution in [0.4, 0.5) is 16.4 Å². The van der Waals surface area contributed by atoms with Crippen LogP contribution in [0.25, 0.3) is 11.0 Å². The van der Waals surface area contributed by atoms with Gasteiger partial charge in [0.15, 0.2) is 0 Å². The molecule has 2 aromatic heterocycles. The fourth-order valence-corrected chi connectivity index (χ4v) is 3.55. The number of nitrogens with two attached hydrogens (primary N) is 1. The van der Waals surface area contributed by atoms with Gasteiger partial charge in [0.2, 0.25) is 0 Å². The van der Waals surface area contributed by atoms with Crippen LogP contribution in [0.1, 0.15) is 0 Å². The third-order valence-corrected chi connectivity index (χ3v) is 4.82. The van der Waals surface area contributed by atoms with Crippen molar-refractivity contribution in [3.05, 3.63) is 47.1 Å². The highest BCUT2D eigenvalue weighted by molar-refractivity contribution is 9.10. The van der Waals surface area contributed by atoms with Gasteiger partial charge in [0, 0.05) is 9.86 Å². The summed E-state index contributed by atoms with van der Waals surface area (Å²) in [5, 5.41) is 2.69. The van der Waals surface area contributed by atoms with Gasteiger partial charge in [0.1, 0.15) is 28.4 Å². The van der Waals surface area contributed by atoms with Crippen LogP contribution in [0, 0.1) is 0 Å². The van der Waals surface area contributed by atoms with Gasteiger partial charge in [0.25, 0.3) is 10.0 Å². The molecule has 8 nitrogen and oxygen atoms in total. The van der Waals surface area contributed by atoms with E-state index in [2.05, 4.69) is 26.2 Å². The molecule has 0 saturated carbocycles. The summed E-state index contributed by atoms with van der Waals surface area (Å²) in [4.78, 5) is 15.7. The van der Waals surface area contributed by atoms with Crippen molar-refractivity contribution in [1.29, 1.82) is 0 Å². The molecule has 0 unspecified atom stereocenters. The van der Waals surface area contributed by atoms with E-state index in [-0.39, 0.29) is 16.5 Å². The molecular weight excluding hydrogens is 400 g/mol. The van der Waals surface area contributed by atoms with Crippen LogP contribution < -0.4 is 15.8 Å². The number of carbonyl (C=O) groups excluding carboxylic acids is 1. The summed E-state index contributed by atoms with van der Waals surface area (Å²) in [6, 6.07) is 8.65. The summed E-state index contributed by atoms with van der Waals surface area (Å²) in [6.07, 6.45) is 1.08. The van der Waals surface area contributed by atoms with Crippen molar-refractivity contribution in [2.45, 2.75) is 4.90 Å². The second-order valence-electron chi connectivity index (χ2n) is 4.75. The minimum absolute atomic E-state index is 0.103. The van der Waals surface area contributed by atoms with E-state index in [0.29, 0.717) is 15.4 Å². The maximum Gasteiger partial charge on any atom is 0.334 e. The largest absolute Gasteiger partial charge is 0.463 e. The Morgan fingerprint density at radius 3 is 2.75 bits per heavy atom. The van der Waals surface area contributed by atoms with Gasteiger partial charge in [0.05, 0.1) is 0 Å². The first-order chi connectivity index (χ1) is 11.3. The number of nitrogens with zero attached hydrogens (tertiary/aromatic N) is 1. The topological polar surface area (TPSA) is 127 Å². The molecule has 0 bridgehead atoms. The van der Waals surface area contributed by atoms with Gasteiger partial charge in [-0.15, -0.1) is 0 Å². The van der Waals surface area contributed by atoms with Crippen molar-refractivity contribution in [3.8, 4) is 0 Å². The van der Waals surface area contributed by atoms with Crippen LogP contribution >= 0.6 is 15.9 Å². The number of pyridine rings is 1. The zero-order valence-corrected chi connectivity index (χ0v) is 14.4. The number of benzene rings is 1. The van der Waals surface area contributed by atoms with Gasteiger partial charge in [-0.25, -0.2) is 22.9 Å². The standard InChI is InChI=1S/C14H11BrN4O4S/c15-8-5-12(16)17-13(6-8)18-14(20)19-24(21,22)11-7-23-10-4-2-1-3-9(10)11/h1-7H,(H4,16,17,18,19,20). The third kappa shape index (κ3) is 3.34. The SMILES string of the molecule is Nc1cc(Br)cc(NC(=O)NS(=O)(=O)c2coc3ccccc23)n1. The summed E-state index contributed by atoms with van der Waals surface area (Å²) < 4.78 is 32.4. The van der Waals surface area contributed by atoms with Gasteiger partial charge >= 0.3 is 6.03 Å². The third-order valence-electron chi connectivity index (χ3n) is 3.01. The van der Waals surface area contributed by atoms with E-state index in [9.17, 15) is 13.2 Å². The van der Waals surface area contributed by atoms with Crippen LogP contribution in [0.15, 0.2) is 56.4 Å². The zero-order chi connectivity index (χ0) is 17.3. The highest BCUT2D eigenvalue weighted by Crippen LogP contribution is 2.24. The lowest BCUT2D eigenvalue weighted by Crippen LogP contribution is -2.34. The van der Waals surface area contributed by atoms with Crippen molar-refractivity contribution >= 4 is 54.6 Å². The van der Waals surface area contributed by atoms with E-state index in [1.165, 1.54) is 12.1 Å². The molecule has 2 heterocycles. The molecule has 0 saturated heterocycles. The van der Waals surface area contributed by atoms with Crippen LogP contribution in [0.2, 0.25) is 0 Å². The van der Waals surface area contributed by atoms with Gasteiger partial charge in [-0.2, -0.15) is 0 Å². The minimum atomic E-state index is -4.11. The number of halogens is 1. The van der Waals surface area contributed by atoms with Crippen molar-refractivity contribution in [2.75, 3.05) is 11.1 Å². The molecular formula is C14H11BrN4O4S. The Bertz CT molecular complexity index is 1010. The van der Waals surface area contributed by atoms with Crippen molar-refractivity contribution in [2.24, 2.45) is 0 Å². The van der Waals surface area contributed by atoms with Crippen molar-refractivity contribution < 1.29 is 17.6 Å². The maximum atomic E-state index is 12.4. The molecule has 0 atom stereocenters. The molecule has 0 aliphatic carbocycles. The summed E-state index contributed by atoms with van der Waals surface area (Å²) in [5.41, 5.74) is 5.96. The highest BCUT2D eigenvalue weighted by atomic mass is 79.9. The second kappa shape index (κ2) is 6.13. The number of amides is 2. The Balaban J connectivity index is 1.82. The van der Waals surface area contributed by atoms with Crippen LogP contribution in [0.5, 0.6) is 0 Å². The first-order valence-corrected chi connectivity index (χ1v) is 8.86. The number of anilines is 2. The monoisotopic (exact) mass is 410 g/mol. The lowest BCUT2D eigenvalue weighted by molar-refractivity contribution is 0.256. The molecule has 3 rings (SSSR count). The number of nitrogens with one attached hydrogen (secondary N) is 2. The molecule has 0 fully saturated rings. The quantitative estimate of drug-likeness (QED) is 0.608. The number of hydrogen-bond donors (Lipinski definition) is 3. The molecule has 0 spiro atoms. The van der Waals surface area contributed by atoms with Crippen molar-refractivity contribution in [1.82, 2.24) is 9.71 Å². The molecule has 2 amide bonds. The Labute approximate surface area is 145 Å². The molecule has 1 aromatic carbocycles. The molecule has 10 heteroatoms. The van der Waals surface area contributed by atoms with Gasteiger partial charge in [-0.05, 0) is 24.3 Å². The number of para-hydroxylation sites is 1. The Hall–Kier alpha value is -2.59. The fourth-order valence-electron chi connectivity index (χ4n) is 2.06. The average Bonchev–Trinajstić information content (AvgIpc) is 2.89. The van der Waals surface area contributed by atoms with E-state index in [1.807, 2.05) is 4.72 Å². The zero-order valence-electron chi connectivity index (χ0n) is 12.0. The maximum absolute atomic E-state index is 12.4. The van der Waals surface area contributed by atoms with E-state index < -0.39 is 16.1 Å². The number of hydrogen-bond acceptors (Lipinski definition) is 6. The molecule has 3 aromatic rings. The first kappa shape index (κ1) is 16.3. The number of urea groups is 1. The Morgan fingerprint density at radius 2 is 2.00 bits per heavy atom. The number of fused-ring (bicyclic) bond motifs is 1. The Kier molecular flexibility index (Phi) is 4.16.